The number of nitrogens with zero attached hydrogens (tertiary/aromatic N) is 2. The predicted molar refractivity (Wildman–Crippen MR) is 36.6 cm³/mol. The standard InChI is InChI=1S/C6H5BN2/c8-5-7-6-3-1-2-4-9-6/h1-4,7H. The van der Waals surface area contributed by atoms with Crippen LogP contribution in [0, 0.1) is 11.2 Å². The molecule has 0 amide bonds. The van der Waals surface area contributed by atoms with Crippen molar-refractivity contribution in [1.82, 2.24) is 4.98 Å². The van der Waals surface area contributed by atoms with E-state index in [1.807, 2.05) is 24.2 Å². The van der Waals surface area contributed by atoms with Gasteiger partial charge in [0, 0.05) is 17.8 Å². The van der Waals surface area contributed by atoms with Gasteiger partial charge >= 0.3 is 7.28 Å². The third-order valence-corrected chi connectivity index (χ3v) is 0.986. The van der Waals surface area contributed by atoms with Crippen LogP contribution in [0.25, 0.3) is 0 Å². The van der Waals surface area contributed by atoms with Gasteiger partial charge in [-0.2, -0.15) is 0 Å². The highest BCUT2D eigenvalue weighted by Crippen LogP contribution is 1.73. The molecule has 9 heavy (non-hydrogen) atoms. The van der Waals surface area contributed by atoms with Crippen molar-refractivity contribution in [3.05, 3.63) is 24.4 Å². The molecule has 0 saturated heterocycles. The van der Waals surface area contributed by atoms with Gasteiger partial charge in [-0.3, -0.25) is 4.98 Å². The minimum atomic E-state index is 0.404. The molecule has 0 atom stereocenters. The topological polar surface area (TPSA) is 36.7 Å². The molecule has 0 N–H and O–H groups in total. The second-order valence-electron chi connectivity index (χ2n) is 1.66. The van der Waals surface area contributed by atoms with E-state index < -0.39 is 0 Å². The van der Waals surface area contributed by atoms with Crippen LogP contribution in [-0.4, -0.2) is 12.3 Å². The van der Waals surface area contributed by atoms with Crippen molar-refractivity contribution in [3.8, 4) is 5.97 Å². The van der Waals surface area contributed by atoms with Gasteiger partial charge in [0.05, 0.1) is 0 Å². The smallest absolute Gasteiger partial charge is 0.270 e. The molecule has 0 aliphatic rings. The summed E-state index contributed by atoms with van der Waals surface area (Å²) in [6.07, 6.45) is 1.69. The average Bonchev–Trinajstić information content (AvgIpc) is 1.91. The Kier molecular flexibility index (Phi) is 1.87. The summed E-state index contributed by atoms with van der Waals surface area (Å²) >= 11 is 0. The van der Waals surface area contributed by atoms with Crippen LogP contribution >= 0.6 is 0 Å². The lowest BCUT2D eigenvalue weighted by Crippen LogP contribution is -2.15. The largest absolute Gasteiger partial charge is 0.305 e. The van der Waals surface area contributed by atoms with Gasteiger partial charge in [-0.1, -0.05) is 6.07 Å². The second-order valence-corrected chi connectivity index (χ2v) is 1.66. The van der Waals surface area contributed by atoms with Gasteiger partial charge in [0.2, 0.25) is 0 Å². The van der Waals surface area contributed by atoms with E-state index in [9.17, 15) is 0 Å². The number of hydrogen-bond acceptors (Lipinski definition) is 2. The molecule has 1 aromatic rings. The van der Waals surface area contributed by atoms with Gasteiger partial charge in [0.15, 0.2) is 0 Å². The monoisotopic (exact) mass is 116 g/mol. The molecule has 0 spiro atoms. The van der Waals surface area contributed by atoms with E-state index in [0.29, 0.717) is 7.28 Å². The van der Waals surface area contributed by atoms with Gasteiger partial charge < -0.3 is 0 Å². The van der Waals surface area contributed by atoms with E-state index in [1.54, 1.807) is 6.20 Å². The van der Waals surface area contributed by atoms with E-state index in [4.69, 9.17) is 5.26 Å². The molecule has 1 rings (SSSR count). The summed E-state index contributed by atoms with van der Waals surface area (Å²) in [6.45, 7) is 0. The first-order valence-electron chi connectivity index (χ1n) is 2.70. The van der Waals surface area contributed by atoms with Crippen LogP contribution in [-0.2, 0) is 0 Å². The Bertz CT molecular complexity index is 214. The molecule has 0 aromatic carbocycles. The van der Waals surface area contributed by atoms with Gasteiger partial charge in [-0.15, -0.1) is 0 Å². The number of pyridine rings is 1. The molecular formula is C6H5BN2. The lowest BCUT2D eigenvalue weighted by molar-refractivity contribution is 1.39. The number of nitriles is 1. The lowest BCUT2D eigenvalue weighted by Gasteiger charge is -1.85. The van der Waals surface area contributed by atoms with Gasteiger partial charge in [0.25, 0.3) is 0 Å². The molecule has 3 heteroatoms. The van der Waals surface area contributed by atoms with Crippen molar-refractivity contribution in [1.29, 1.82) is 5.26 Å². The summed E-state index contributed by atoms with van der Waals surface area (Å²) in [7, 11) is 0.404. The highest BCUT2D eigenvalue weighted by atomic mass is 14.6. The van der Waals surface area contributed by atoms with Crippen molar-refractivity contribution >= 4 is 12.9 Å². The molecule has 0 saturated carbocycles. The third-order valence-electron chi connectivity index (χ3n) is 0.986. The lowest BCUT2D eigenvalue weighted by atomic mass is 9.77. The Balaban J connectivity index is 2.76. The van der Waals surface area contributed by atoms with Crippen molar-refractivity contribution in [2.45, 2.75) is 0 Å². The molecule has 0 bridgehead atoms. The van der Waals surface area contributed by atoms with Crippen LogP contribution in [0.4, 0.5) is 0 Å². The molecule has 0 aliphatic carbocycles. The fraction of sp³-hybridized carbons (Fsp3) is 0. The second kappa shape index (κ2) is 2.88. The van der Waals surface area contributed by atoms with E-state index in [2.05, 4.69) is 4.98 Å². The quantitative estimate of drug-likeness (QED) is 0.469. The third kappa shape index (κ3) is 1.58. The normalized spacial score (nSPS) is 7.89. The van der Waals surface area contributed by atoms with Crippen LogP contribution in [0.3, 0.4) is 0 Å². The zero-order valence-corrected chi connectivity index (χ0v) is 4.91. The average molecular weight is 116 g/mol. The number of aromatic nitrogens is 1. The zero-order valence-electron chi connectivity index (χ0n) is 4.91. The Morgan fingerprint density at radius 3 is 3.00 bits per heavy atom. The van der Waals surface area contributed by atoms with E-state index in [-0.39, 0.29) is 0 Å². The summed E-state index contributed by atoms with van der Waals surface area (Å²) in [4.78, 5) is 3.95. The SMILES string of the molecule is N#CBc1ccccn1. The predicted octanol–water partition coefficient (Wildman–Crippen LogP) is -0.376. The molecule has 0 radical (unpaired) electrons. The Labute approximate surface area is 54.4 Å². The van der Waals surface area contributed by atoms with E-state index >= 15 is 0 Å². The molecule has 1 aromatic heterocycles. The van der Waals surface area contributed by atoms with Crippen LogP contribution in [0.15, 0.2) is 24.4 Å². The van der Waals surface area contributed by atoms with Gasteiger partial charge in [0.1, 0.15) is 0 Å². The van der Waals surface area contributed by atoms with E-state index in [1.165, 1.54) is 0 Å². The fourth-order valence-electron chi connectivity index (χ4n) is 0.584. The van der Waals surface area contributed by atoms with Crippen LogP contribution < -0.4 is 5.59 Å². The number of rotatable bonds is 1. The maximum atomic E-state index is 8.23. The van der Waals surface area contributed by atoms with Crippen LogP contribution in [0.1, 0.15) is 0 Å². The van der Waals surface area contributed by atoms with Crippen molar-refractivity contribution in [2.75, 3.05) is 0 Å². The maximum Gasteiger partial charge on any atom is 0.305 e. The zero-order chi connectivity index (χ0) is 6.53. The summed E-state index contributed by atoms with van der Waals surface area (Å²) in [5, 5.41) is 8.23. The fourth-order valence-corrected chi connectivity index (χ4v) is 0.584. The minimum absolute atomic E-state index is 0.404. The van der Waals surface area contributed by atoms with Crippen molar-refractivity contribution in [2.24, 2.45) is 0 Å². The van der Waals surface area contributed by atoms with Gasteiger partial charge in [-0.25, -0.2) is 5.26 Å². The first kappa shape index (κ1) is 5.83. The molecule has 2 nitrogen and oxygen atoms in total. The maximum absolute atomic E-state index is 8.23. The minimum Gasteiger partial charge on any atom is -0.270 e. The first-order chi connectivity index (χ1) is 4.43. The summed E-state index contributed by atoms with van der Waals surface area (Å²) in [6, 6.07) is 5.55. The highest BCUT2D eigenvalue weighted by Gasteiger charge is 1.90. The highest BCUT2D eigenvalue weighted by molar-refractivity contribution is 6.59. The molecule has 1 heterocycles. The first-order valence-corrected chi connectivity index (χ1v) is 2.70. The molecule has 0 fully saturated rings. The van der Waals surface area contributed by atoms with Crippen molar-refractivity contribution < 1.29 is 0 Å². The van der Waals surface area contributed by atoms with Crippen LogP contribution in [0.5, 0.6) is 0 Å². The van der Waals surface area contributed by atoms with Crippen molar-refractivity contribution in [3.63, 3.8) is 0 Å². The summed E-state index contributed by atoms with van der Waals surface area (Å²) in [5.74, 6) is 2.02. The molecule has 0 aliphatic heterocycles. The van der Waals surface area contributed by atoms with Crippen LogP contribution in [0.2, 0.25) is 0 Å². The summed E-state index contributed by atoms with van der Waals surface area (Å²) in [5.41, 5.74) is 0.833. The molecular weight excluding hydrogens is 111 g/mol. The summed E-state index contributed by atoms with van der Waals surface area (Å²) < 4.78 is 0. The van der Waals surface area contributed by atoms with Gasteiger partial charge in [-0.05, 0) is 12.1 Å². The Hall–Kier alpha value is -1.30. The molecule has 0 unspecified atom stereocenters. The molecule has 42 valence electrons. The Morgan fingerprint density at radius 1 is 1.56 bits per heavy atom. The van der Waals surface area contributed by atoms with E-state index in [0.717, 1.165) is 5.59 Å². The Morgan fingerprint density at radius 2 is 2.44 bits per heavy atom. The number of hydrogen-bond donors (Lipinski definition) is 0.